The lowest BCUT2D eigenvalue weighted by Crippen LogP contribution is -2.37. The summed E-state index contributed by atoms with van der Waals surface area (Å²) in [6, 6.07) is 5.77. The first-order chi connectivity index (χ1) is 8.08. The van der Waals surface area contributed by atoms with Gasteiger partial charge in [0.05, 0.1) is 12.6 Å². The van der Waals surface area contributed by atoms with Crippen molar-refractivity contribution in [3.05, 3.63) is 32.7 Å². The summed E-state index contributed by atoms with van der Waals surface area (Å²) in [5, 5.41) is 0. The number of hydrogen-bond donors (Lipinski definition) is 0. The fraction of sp³-hybridized carbons (Fsp3) is 0.417. The van der Waals surface area contributed by atoms with E-state index in [0.29, 0.717) is 12.2 Å². The predicted molar refractivity (Wildman–Crippen MR) is 73.2 cm³/mol. The molecule has 0 saturated carbocycles. The molecule has 17 heavy (non-hydrogen) atoms. The van der Waals surface area contributed by atoms with Crippen LogP contribution in [0.15, 0.2) is 27.1 Å². The zero-order chi connectivity index (χ0) is 12.4. The predicted octanol–water partition coefficient (Wildman–Crippen LogP) is 3.07. The average molecular weight is 363 g/mol. The molecule has 5 heteroatoms. The number of amides is 1. The first kappa shape index (κ1) is 13.1. The van der Waals surface area contributed by atoms with E-state index in [4.69, 9.17) is 4.74 Å². The second-order valence-electron chi connectivity index (χ2n) is 4.09. The molecule has 3 nitrogen and oxygen atoms in total. The molecule has 1 atom stereocenters. The van der Waals surface area contributed by atoms with Gasteiger partial charge >= 0.3 is 0 Å². The lowest BCUT2D eigenvalue weighted by Gasteiger charge is -2.23. The summed E-state index contributed by atoms with van der Waals surface area (Å²) in [5.74, 6) is 0.0301. The van der Waals surface area contributed by atoms with Crippen molar-refractivity contribution in [2.45, 2.75) is 12.5 Å². The van der Waals surface area contributed by atoms with Crippen LogP contribution in [0.1, 0.15) is 16.8 Å². The molecule has 1 aliphatic heterocycles. The number of nitrogens with zero attached hydrogens (tertiary/aromatic N) is 1. The number of benzene rings is 1. The molecule has 0 bridgehead atoms. The SMILES string of the molecule is CN(C(=O)c1cc(Br)cc(Br)c1)C1CCOC1. The van der Waals surface area contributed by atoms with E-state index in [0.717, 1.165) is 22.0 Å². The smallest absolute Gasteiger partial charge is 0.254 e. The summed E-state index contributed by atoms with van der Waals surface area (Å²) in [6.45, 7) is 1.38. The van der Waals surface area contributed by atoms with Crippen LogP contribution < -0.4 is 0 Å². The molecule has 0 N–H and O–H groups in total. The number of carbonyl (C=O) groups excluding carboxylic acids is 1. The van der Waals surface area contributed by atoms with E-state index in [1.54, 1.807) is 4.90 Å². The number of halogens is 2. The molecule has 0 spiro atoms. The van der Waals surface area contributed by atoms with E-state index in [9.17, 15) is 4.79 Å². The van der Waals surface area contributed by atoms with Crippen molar-refractivity contribution in [2.75, 3.05) is 20.3 Å². The molecule has 1 heterocycles. The molecular weight excluding hydrogens is 350 g/mol. The van der Waals surface area contributed by atoms with Crippen LogP contribution in [0.5, 0.6) is 0 Å². The number of ether oxygens (including phenoxy) is 1. The molecule has 1 fully saturated rings. The van der Waals surface area contributed by atoms with Gasteiger partial charge in [-0.05, 0) is 24.6 Å². The second-order valence-corrected chi connectivity index (χ2v) is 5.92. The lowest BCUT2D eigenvalue weighted by molar-refractivity contribution is 0.0711. The zero-order valence-electron chi connectivity index (χ0n) is 9.45. The van der Waals surface area contributed by atoms with E-state index < -0.39 is 0 Å². The van der Waals surface area contributed by atoms with E-state index in [1.807, 2.05) is 25.2 Å². The molecule has 1 aromatic carbocycles. The summed E-state index contributed by atoms with van der Waals surface area (Å²) in [4.78, 5) is 14.0. The van der Waals surface area contributed by atoms with Crippen LogP contribution in [0.2, 0.25) is 0 Å². The maximum absolute atomic E-state index is 12.3. The summed E-state index contributed by atoms with van der Waals surface area (Å²) in [5.41, 5.74) is 0.681. The van der Waals surface area contributed by atoms with Gasteiger partial charge in [-0.25, -0.2) is 0 Å². The van der Waals surface area contributed by atoms with Gasteiger partial charge in [-0.1, -0.05) is 31.9 Å². The van der Waals surface area contributed by atoms with Crippen molar-refractivity contribution < 1.29 is 9.53 Å². The largest absolute Gasteiger partial charge is 0.379 e. The molecule has 1 amide bonds. The molecular formula is C12H13Br2NO2. The summed E-state index contributed by atoms with van der Waals surface area (Å²) < 4.78 is 7.09. The fourth-order valence-electron chi connectivity index (χ4n) is 1.87. The van der Waals surface area contributed by atoms with Crippen LogP contribution >= 0.6 is 31.9 Å². The Morgan fingerprint density at radius 3 is 2.53 bits per heavy atom. The Bertz CT molecular complexity index is 410. The Balaban J connectivity index is 2.17. The van der Waals surface area contributed by atoms with Gasteiger partial charge in [-0.3, -0.25) is 4.79 Å². The Kier molecular flexibility index (Phi) is 4.22. The van der Waals surface area contributed by atoms with Gasteiger partial charge in [0.25, 0.3) is 5.91 Å². The molecule has 0 radical (unpaired) electrons. The van der Waals surface area contributed by atoms with Gasteiger partial charge in [0.1, 0.15) is 0 Å². The van der Waals surface area contributed by atoms with Crippen LogP contribution in [-0.2, 0) is 4.74 Å². The highest BCUT2D eigenvalue weighted by atomic mass is 79.9. The van der Waals surface area contributed by atoms with Crippen LogP contribution in [0.4, 0.5) is 0 Å². The minimum atomic E-state index is 0.0301. The molecule has 2 rings (SSSR count). The number of hydrogen-bond acceptors (Lipinski definition) is 2. The Hall–Kier alpha value is -0.390. The molecule has 1 aliphatic rings. The highest BCUT2D eigenvalue weighted by Gasteiger charge is 2.25. The maximum atomic E-state index is 12.3. The minimum Gasteiger partial charge on any atom is -0.379 e. The summed E-state index contributed by atoms with van der Waals surface area (Å²) in [6.07, 6.45) is 0.914. The monoisotopic (exact) mass is 361 g/mol. The van der Waals surface area contributed by atoms with Gasteiger partial charge in [0.15, 0.2) is 0 Å². The minimum absolute atomic E-state index is 0.0301. The van der Waals surface area contributed by atoms with Crippen LogP contribution in [0, 0.1) is 0 Å². The molecule has 92 valence electrons. The zero-order valence-corrected chi connectivity index (χ0v) is 12.6. The van der Waals surface area contributed by atoms with Gasteiger partial charge in [-0.15, -0.1) is 0 Å². The third-order valence-corrected chi connectivity index (χ3v) is 3.80. The third-order valence-electron chi connectivity index (χ3n) is 2.88. The molecule has 0 aliphatic carbocycles. The van der Waals surface area contributed by atoms with E-state index >= 15 is 0 Å². The first-order valence-corrected chi connectivity index (χ1v) is 6.97. The highest BCUT2D eigenvalue weighted by Crippen LogP contribution is 2.22. The Morgan fingerprint density at radius 2 is 2.00 bits per heavy atom. The fourth-order valence-corrected chi connectivity index (χ4v) is 3.17. The quantitative estimate of drug-likeness (QED) is 0.809. The third kappa shape index (κ3) is 3.09. The summed E-state index contributed by atoms with van der Waals surface area (Å²) >= 11 is 6.78. The van der Waals surface area contributed by atoms with E-state index in [1.165, 1.54) is 0 Å². The van der Waals surface area contributed by atoms with Crippen molar-refractivity contribution in [3.63, 3.8) is 0 Å². The van der Waals surface area contributed by atoms with E-state index in [2.05, 4.69) is 31.9 Å². The maximum Gasteiger partial charge on any atom is 0.254 e. The van der Waals surface area contributed by atoms with Crippen molar-refractivity contribution in [2.24, 2.45) is 0 Å². The highest BCUT2D eigenvalue weighted by molar-refractivity contribution is 9.11. The topological polar surface area (TPSA) is 29.5 Å². The average Bonchev–Trinajstić information content (AvgIpc) is 2.79. The van der Waals surface area contributed by atoms with E-state index in [-0.39, 0.29) is 11.9 Å². The first-order valence-electron chi connectivity index (χ1n) is 5.39. The van der Waals surface area contributed by atoms with Crippen molar-refractivity contribution in [1.29, 1.82) is 0 Å². The van der Waals surface area contributed by atoms with Crippen LogP contribution in [-0.4, -0.2) is 37.1 Å². The molecule has 0 aromatic heterocycles. The Labute approximate surface area is 117 Å². The second kappa shape index (κ2) is 5.50. The molecule has 1 aromatic rings. The molecule has 1 saturated heterocycles. The lowest BCUT2D eigenvalue weighted by atomic mass is 10.1. The van der Waals surface area contributed by atoms with Gasteiger partial charge in [0.2, 0.25) is 0 Å². The standard InChI is InChI=1S/C12H13Br2NO2/c1-15(11-2-3-17-7-11)12(16)8-4-9(13)6-10(14)5-8/h4-6,11H,2-3,7H2,1H3. The van der Waals surface area contributed by atoms with Crippen molar-refractivity contribution in [1.82, 2.24) is 4.90 Å². The van der Waals surface area contributed by atoms with Gasteiger partial charge < -0.3 is 9.64 Å². The van der Waals surface area contributed by atoms with Crippen LogP contribution in [0.3, 0.4) is 0 Å². The molecule has 1 unspecified atom stereocenters. The van der Waals surface area contributed by atoms with Crippen molar-refractivity contribution in [3.8, 4) is 0 Å². The Morgan fingerprint density at radius 1 is 1.35 bits per heavy atom. The van der Waals surface area contributed by atoms with Gasteiger partial charge in [-0.2, -0.15) is 0 Å². The van der Waals surface area contributed by atoms with Gasteiger partial charge in [0, 0.05) is 28.2 Å². The van der Waals surface area contributed by atoms with Crippen LogP contribution in [0.25, 0.3) is 0 Å². The number of rotatable bonds is 2. The normalized spacial score (nSPS) is 19.4. The number of carbonyl (C=O) groups is 1. The number of likely N-dealkylation sites (N-methyl/N-ethyl adjacent to an activating group) is 1. The van der Waals surface area contributed by atoms with Crippen molar-refractivity contribution >= 4 is 37.8 Å². The summed E-state index contributed by atoms with van der Waals surface area (Å²) in [7, 11) is 1.83.